The van der Waals surface area contributed by atoms with E-state index in [9.17, 15) is 0 Å². The SMILES string of the molecule is CCOCCCCN(C)CC.FF.FF.FF. The summed E-state index contributed by atoms with van der Waals surface area (Å²) in [4.78, 5) is 2.33. The van der Waals surface area contributed by atoms with Crippen LogP contribution in [0.2, 0.25) is 0 Å². The van der Waals surface area contributed by atoms with Crippen molar-refractivity contribution in [1.82, 2.24) is 4.90 Å². The lowest BCUT2D eigenvalue weighted by Crippen LogP contribution is -2.18. The zero-order chi connectivity index (χ0) is 14.5. The van der Waals surface area contributed by atoms with Crippen LogP contribution in [0.15, 0.2) is 0 Å². The smallest absolute Gasteiger partial charge is 0.0466 e. The molecule has 0 bridgehead atoms. The average Bonchev–Trinajstić information content (AvgIpc) is 2.45. The highest BCUT2D eigenvalue weighted by atomic mass is 20.0. The van der Waals surface area contributed by atoms with Crippen LogP contribution in [0.1, 0.15) is 26.7 Å². The first-order chi connectivity index (χ1) is 8.31. The Morgan fingerprint density at radius 3 is 1.71 bits per heavy atom. The maximum Gasteiger partial charge on any atom is 0.0466 e. The molecule has 0 aliphatic rings. The van der Waals surface area contributed by atoms with Gasteiger partial charge in [0.1, 0.15) is 0 Å². The van der Waals surface area contributed by atoms with E-state index in [-0.39, 0.29) is 0 Å². The lowest BCUT2D eigenvalue weighted by atomic mass is 10.3. The first-order valence-corrected chi connectivity index (χ1v) is 5.00. The highest BCUT2D eigenvalue weighted by molar-refractivity contribution is 4.47. The van der Waals surface area contributed by atoms with Gasteiger partial charge in [0.15, 0.2) is 0 Å². The van der Waals surface area contributed by atoms with Gasteiger partial charge in [-0.25, -0.2) is 0 Å². The van der Waals surface area contributed by atoms with Crippen molar-refractivity contribution in [2.45, 2.75) is 26.7 Å². The number of unbranched alkanes of at least 4 members (excludes halogenated alkanes) is 1. The van der Waals surface area contributed by atoms with E-state index >= 15 is 0 Å². The molecule has 0 radical (unpaired) electrons. The van der Waals surface area contributed by atoms with E-state index in [1.165, 1.54) is 19.4 Å². The molecule has 17 heavy (non-hydrogen) atoms. The van der Waals surface area contributed by atoms with Crippen LogP contribution >= 0.6 is 0 Å². The van der Waals surface area contributed by atoms with Crippen molar-refractivity contribution in [3.05, 3.63) is 0 Å². The summed E-state index contributed by atoms with van der Waals surface area (Å²) in [6, 6.07) is 0. The molecule has 0 atom stereocenters. The molecule has 0 aromatic rings. The molecule has 0 aromatic heterocycles. The number of ether oxygens (including phenoxy) is 1. The van der Waals surface area contributed by atoms with Gasteiger partial charge in [-0.3, -0.25) is 0 Å². The molecule has 110 valence electrons. The Labute approximate surface area is 98.1 Å². The standard InChI is InChI=1S/C9H21NO.3F2/c1-4-10(3)8-6-7-9-11-5-2;3*1-2/h4-9H2,1-3H3;;;. The minimum Gasteiger partial charge on any atom is -0.382 e. The maximum absolute atomic E-state index is 8.00. The van der Waals surface area contributed by atoms with E-state index in [2.05, 4.69) is 18.9 Å². The summed E-state index contributed by atoms with van der Waals surface area (Å²) in [6.07, 6.45) is 2.45. The molecule has 0 saturated carbocycles. The largest absolute Gasteiger partial charge is 0.382 e. The van der Waals surface area contributed by atoms with Gasteiger partial charge in [-0.15, -0.1) is 0 Å². The van der Waals surface area contributed by atoms with Crippen LogP contribution in [0.3, 0.4) is 0 Å². The number of hydrogen-bond acceptors (Lipinski definition) is 2. The number of rotatable bonds is 7. The van der Waals surface area contributed by atoms with Gasteiger partial charge in [0.2, 0.25) is 0 Å². The monoisotopic (exact) mass is 273 g/mol. The van der Waals surface area contributed by atoms with Crippen LogP contribution in [0.25, 0.3) is 0 Å². The first-order valence-electron chi connectivity index (χ1n) is 5.00. The van der Waals surface area contributed by atoms with E-state index in [1.807, 2.05) is 6.92 Å². The minimum absolute atomic E-state index is 0.851. The molecule has 8 heteroatoms. The van der Waals surface area contributed by atoms with Crippen LogP contribution in [0, 0.1) is 0 Å². The van der Waals surface area contributed by atoms with Gasteiger partial charge in [-0.05, 0) is 39.9 Å². The number of halogens is 6. The summed E-state index contributed by atoms with van der Waals surface area (Å²) in [5.41, 5.74) is 0. The van der Waals surface area contributed by atoms with Crippen LogP contribution in [-0.4, -0.2) is 38.3 Å². The number of nitrogens with zero attached hydrogens (tertiary/aromatic N) is 1. The lowest BCUT2D eigenvalue weighted by molar-refractivity contribution is 0.108. The Hall–Kier alpha value is -0.500. The summed E-state index contributed by atoms with van der Waals surface area (Å²) < 4.78 is 53.2. The second-order valence-electron chi connectivity index (χ2n) is 2.80. The van der Waals surface area contributed by atoms with Gasteiger partial charge in [0.25, 0.3) is 0 Å². The third-order valence-electron chi connectivity index (χ3n) is 1.82. The maximum atomic E-state index is 8.00. The van der Waals surface area contributed by atoms with Crippen LogP contribution in [-0.2, 0) is 4.74 Å². The molecular formula is C9H21F6NO. The molecule has 2 nitrogen and oxygen atoms in total. The molecule has 0 spiro atoms. The summed E-state index contributed by atoms with van der Waals surface area (Å²) in [7, 11) is 2.15. The van der Waals surface area contributed by atoms with E-state index in [0.717, 1.165) is 19.8 Å². The van der Waals surface area contributed by atoms with Gasteiger partial charge in [-0.2, -0.15) is 0 Å². The average molecular weight is 273 g/mol. The second kappa shape index (κ2) is 36.1. The summed E-state index contributed by atoms with van der Waals surface area (Å²) >= 11 is 0. The Morgan fingerprint density at radius 2 is 1.35 bits per heavy atom. The van der Waals surface area contributed by atoms with Crippen LogP contribution < -0.4 is 0 Å². The molecule has 0 heterocycles. The first kappa shape index (κ1) is 25.4. The van der Waals surface area contributed by atoms with Gasteiger partial charge in [-0.1, -0.05) is 6.92 Å². The van der Waals surface area contributed by atoms with Crippen molar-refractivity contribution in [2.24, 2.45) is 0 Å². The molecule has 0 aliphatic heterocycles. The highest BCUT2D eigenvalue weighted by Crippen LogP contribution is 1.92. The minimum atomic E-state index is 0.851. The topological polar surface area (TPSA) is 12.5 Å². The Balaban J connectivity index is -0.000000121. The van der Waals surface area contributed by atoms with Crippen molar-refractivity contribution in [2.75, 3.05) is 33.4 Å². The van der Waals surface area contributed by atoms with Crippen molar-refractivity contribution in [3.63, 3.8) is 0 Å². The molecule has 0 unspecified atom stereocenters. The van der Waals surface area contributed by atoms with E-state index in [4.69, 9.17) is 32.2 Å². The third kappa shape index (κ3) is 39.1. The molecule has 0 amide bonds. The Kier molecular flexibility index (Phi) is 53.9. The quantitative estimate of drug-likeness (QED) is 0.507. The molecular weight excluding hydrogens is 252 g/mol. The molecule has 0 rings (SSSR count). The zero-order valence-electron chi connectivity index (χ0n) is 10.4. The van der Waals surface area contributed by atoms with Gasteiger partial charge in [0, 0.05) is 40.7 Å². The molecule has 0 saturated heterocycles. The zero-order valence-corrected chi connectivity index (χ0v) is 10.4. The van der Waals surface area contributed by atoms with Crippen molar-refractivity contribution >= 4 is 0 Å². The second-order valence-corrected chi connectivity index (χ2v) is 2.80. The van der Waals surface area contributed by atoms with Gasteiger partial charge in [0.05, 0.1) is 0 Å². The third-order valence-corrected chi connectivity index (χ3v) is 1.82. The lowest BCUT2D eigenvalue weighted by Gasteiger charge is -2.12. The van der Waals surface area contributed by atoms with Gasteiger partial charge >= 0.3 is 0 Å². The predicted octanol–water partition coefficient (Wildman–Crippen LogP) is 4.28. The molecule has 0 aliphatic carbocycles. The van der Waals surface area contributed by atoms with Crippen molar-refractivity contribution in [3.8, 4) is 0 Å². The highest BCUT2D eigenvalue weighted by Gasteiger charge is 1.93. The Morgan fingerprint density at radius 1 is 0.882 bits per heavy atom. The summed E-state index contributed by atoms with van der Waals surface area (Å²) in [6.45, 7) is 8.34. The normalized spacial score (nSPS) is 8.12. The fourth-order valence-corrected chi connectivity index (χ4v) is 0.888. The van der Waals surface area contributed by atoms with Crippen LogP contribution in [0.4, 0.5) is 27.4 Å². The van der Waals surface area contributed by atoms with E-state index in [0.29, 0.717) is 0 Å². The van der Waals surface area contributed by atoms with E-state index < -0.39 is 0 Å². The fraction of sp³-hybridized carbons (Fsp3) is 1.00. The van der Waals surface area contributed by atoms with Gasteiger partial charge < -0.3 is 9.64 Å². The van der Waals surface area contributed by atoms with E-state index in [1.54, 1.807) is 0 Å². The van der Waals surface area contributed by atoms with Crippen LogP contribution in [0.5, 0.6) is 0 Å². The van der Waals surface area contributed by atoms with Crippen molar-refractivity contribution < 1.29 is 32.2 Å². The molecule has 0 N–H and O–H groups in total. The Bertz CT molecular complexity index is 91.9. The number of hydrogen-bond donors (Lipinski definition) is 0. The predicted molar refractivity (Wildman–Crippen MR) is 55.5 cm³/mol. The van der Waals surface area contributed by atoms with Crippen molar-refractivity contribution in [1.29, 1.82) is 0 Å². The molecule has 0 aromatic carbocycles. The summed E-state index contributed by atoms with van der Waals surface area (Å²) in [5.74, 6) is 0. The molecule has 0 fully saturated rings. The summed E-state index contributed by atoms with van der Waals surface area (Å²) in [5, 5.41) is 0. The fourth-order valence-electron chi connectivity index (χ4n) is 0.888.